The molecule has 3 amide bonds. The van der Waals surface area contributed by atoms with Crippen molar-refractivity contribution in [2.45, 2.75) is 12.5 Å². The standard InChI is InChI=1S/C9H18N4O3S/c1-17-3-2-6(10)9(16)13(4-7(11)14)5-8(12)15/h6H,2-5,10H2,1H3,(H2,11,14)(H2,12,15)/t6-/m0/s1. The van der Waals surface area contributed by atoms with Crippen molar-refractivity contribution in [2.24, 2.45) is 17.2 Å². The second-order valence-electron chi connectivity index (χ2n) is 3.51. The molecule has 0 aromatic rings. The molecule has 6 N–H and O–H groups in total. The van der Waals surface area contributed by atoms with Crippen LogP contribution >= 0.6 is 11.8 Å². The monoisotopic (exact) mass is 262 g/mol. The summed E-state index contributed by atoms with van der Waals surface area (Å²) in [7, 11) is 0. The Kier molecular flexibility index (Phi) is 7.31. The normalized spacial score (nSPS) is 11.9. The van der Waals surface area contributed by atoms with Gasteiger partial charge in [0.1, 0.15) is 0 Å². The van der Waals surface area contributed by atoms with Crippen molar-refractivity contribution in [2.75, 3.05) is 25.1 Å². The Morgan fingerprint density at radius 2 is 1.65 bits per heavy atom. The number of nitrogens with zero attached hydrogens (tertiary/aromatic N) is 1. The smallest absolute Gasteiger partial charge is 0.240 e. The number of amides is 3. The van der Waals surface area contributed by atoms with Gasteiger partial charge in [-0.05, 0) is 18.4 Å². The van der Waals surface area contributed by atoms with Gasteiger partial charge in [-0.2, -0.15) is 11.8 Å². The van der Waals surface area contributed by atoms with E-state index in [1.165, 1.54) is 0 Å². The van der Waals surface area contributed by atoms with Crippen LogP contribution in [0.2, 0.25) is 0 Å². The Bertz CT molecular complexity index is 282. The first-order valence-electron chi connectivity index (χ1n) is 4.98. The predicted octanol–water partition coefficient (Wildman–Crippen LogP) is -2.13. The molecule has 0 fully saturated rings. The van der Waals surface area contributed by atoms with E-state index in [0.717, 1.165) is 4.90 Å². The summed E-state index contributed by atoms with van der Waals surface area (Å²) in [4.78, 5) is 34.3. The molecule has 0 bridgehead atoms. The summed E-state index contributed by atoms with van der Waals surface area (Å²) in [5.74, 6) is -1.20. The number of primary amides is 2. The Morgan fingerprint density at radius 3 is 2.00 bits per heavy atom. The lowest BCUT2D eigenvalue weighted by molar-refractivity contribution is -0.139. The first kappa shape index (κ1) is 15.7. The lowest BCUT2D eigenvalue weighted by Gasteiger charge is -2.22. The number of carbonyl (C=O) groups excluding carboxylic acids is 3. The van der Waals surface area contributed by atoms with Crippen LogP contribution in [0.4, 0.5) is 0 Å². The highest BCUT2D eigenvalue weighted by atomic mass is 32.2. The van der Waals surface area contributed by atoms with Crippen molar-refractivity contribution in [3.63, 3.8) is 0 Å². The zero-order valence-electron chi connectivity index (χ0n) is 9.72. The average Bonchev–Trinajstić information content (AvgIpc) is 2.22. The van der Waals surface area contributed by atoms with Crippen molar-refractivity contribution < 1.29 is 14.4 Å². The fourth-order valence-corrected chi connectivity index (χ4v) is 1.68. The van der Waals surface area contributed by atoms with Gasteiger partial charge in [0.05, 0.1) is 19.1 Å². The van der Waals surface area contributed by atoms with Crippen LogP contribution in [0.3, 0.4) is 0 Å². The minimum absolute atomic E-state index is 0.352. The molecule has 0 aliphatic rings. The average molecular weight is 262 g/mol. The second-order valence-corrected chi connectivity index (χ2v) is 4.50. The molecule has 0 aliphatic carbocycles. The van der Waals surface area contributed by atoms with Crippen molar-refractivity contribution in [1.29, 1.82) is 0 Å². The SMILES string of the molecule is CSCC[C@H](N)C(=O)N(CC(N)=O)CC(N)=O. The van der Waals surface area contributed by atoms with Gasteiger partial charge in [0.25, 0.3) is 0 Å². The van der Waals surface area contributed by atoms with Crippen LogP contribution in [0.1, 0.15) is 6.42 Å². The maximum Gasteiger partial charge on any atom is 0.240 e. The van der Waals surface area contributed by atoms with Crippen LogP contribution in [0.25, 0.3) is 0 Å². The Hall–Kier alpha value is -1.28. The van der Waals surface area contributed by atoms with E-state index in [2.05, 4.69) is 0 Å². The van der Waals surface area contributed by atoms with E-state index < -0.39 is 23.8 Å². The van der Waals surface area contributed by atoms with Gasteiger partial charge in [-0.3, -0.25) is 14.4 Å². The highest BCUT2D eigenvalue weighted by Gasteiger charge is 2.23. The summed E-state index contributed by atoms with van der Waals surface area (Å²) in [5.41, 5.74) is 15.6. The summed E-state index contributed by atoms with van der Waals surface area (Å²) in [6.45, 7) is -0.705. The molecule has 0 saturated carbocycles. The van der Waals surface area contributed by atoms with Crippen molar-refractivity contribution in [3.8, 4) is 0 Å². The summed E-state index contributed by atoms with van der Waals surface area (Å²) in [6.07, 6.45) is 2.36. The molecular weight excluding hydrogens is 244 g/mol. The maximum absolute atomic E-state index is 11.8. The molecule has 0 aliphatic heterocycles. The molecule has 0 rings (SSSR count). The number of hydrogen-bond acceptors (Lipinski definition) is 5. The highest BCUT2D eigenvalue weighted by Crippen LogP contribution is 2.02. The van der Waals surface area contributed by atoms with E-state index in [0.29, 0.717) is 12.2 Å². The van der Waals surface area contributed by atoms with Gasteiger partial charge in [-0.15, -0.1) is 0 Å². The molecule has 7 nitrogen and oxygen atoms in total. The van der Waals surface area contributed by atoms with E-state index in [9.17, 15) is 14.4 Å². The number of nitrogens with two attached hydrogens (primary N) is 3. The van der Waals surface area contributed by atoms with Crippen LogP contribution in [0.5, 0.6) is 0 Å². The highest BCUT2D eigenvalue weighted by molar-refractivity contribution is 7.98. The molecule has 0 saturated heterocycles. The first-order valence-corrected chi connectivity index (χ1v) is 6.37. The molecular formula is C9H18N4O3S. The molecule has 98 valence electrons. The predicted molar refractivity (Wildman–Crippen MR) is 65.9 cm³/mol. The summed E-state index contributed by atoms with van der Waals surface area (Å²) < 4.78 is 0. The quantitative estimate of drug-likeness (QED) is 0.459. The molecule has 8 heteroatoms. The van der Waals surface area contributed by atoms with Crippen LogP contribution < -0.4 is 17.2 Å². The minimum Gasteiger partial charge on any atom is -0.368 e. The number of rotatable bonds is 8. The maximum atomic E-state index is 11.8. The topological polar surface area (TPSA) is 133 Å². The van der Waals surface area contributed by atoms with Crippen molar-refractivity contribution in [1.82, 2.24) is 4.90 Å². The lowest BCUT2D eigenvalue weighted by atomic mass is 10.2. The zero-order valence-corrected chi connectivity index (χ0v) is 10.5. The van der Waals surface area contributed by atoms with Crippen LogP contribution in [0.15, 0.2) is 0 Å². The fraction of sp³-hybridized carbons (Fsp3) is 0.667. The molecule has 1 atom stereocenters. The Labute approximate surface area is 104 Å². The molecule has 0 heterocycles. The summed E-state index contributed by atoms with van der Waals surface area (Å²) in [5, 5.41) is 0. The number of hydrogen-bond donors (Lipinski definition) is 3. The van der Waals surface area contributed by atoms with Gasteiger partial charge in [0, 0.05) is 0 Å². The largest absolute Gasteiger partial charge is 0.368 e. The Balaban J connectivity index is 4.49. The number of carbonyl (C=O) groups is 3. The third-order valence-corrected chi connectivity index (χ3v) is 2.60. The minimum atomic E-state index is -0.749. The van der Waals surface area contributed by atoms with E-state index in [1.807, 2.05) is 6.26 Å². The zero-order chi connectivity index (χ0) is 13.4. The molecule has 0 unspecified atom stereocenters. The fourth-order valence-electron chi connectivity index (χ4n) is 1.19. The van der Waals surface area contributed by atoms with Crippen molar-refractivity contribution in [3.05, 3.63) is 0 Å². The van der Waals surface area contributed by atoms with Gasteiger partial charge in [0.2, 0.25) is 17.7 Å². The molecule has 0 radical (unpaired) electrons. The third kappa shape index (κ3) is 6.80. The van der Waals surface area contributed by atoms with Crippen LogP contribution in [0, 0.1) is 0 Å². The van der Waals surface area contributed by atoms with Crippen LogP contribution in [-0.2, 0) is 14.4 Å². The van der Waals surface area contributed by atoms with E-state index in [-0.39, 0.29) is 13.1 Å². The van der Waals surface area contributed by atoms with Gasteiger partial charge in [0.15, 0.2) is 0 Å². The summed E-state index contributed by atoms with van der Waals surface area (Å²) >= 11 is 1.55. The van der Waals surface area contributed by atoms with Gasteiger partial charge < -0.3 is 22.1 Å². The van der Waals surface area contributed by atoms with Crippen molar-refractivity contribution >= 4 is 29.5 Å². The molecule has 0 spiro atoms. The van der Waals surface area contributed by atoms with Crippen LogP contribution in [-0.4, -0.2) is 53.8 Å². The van der Waals surface area contributed by atoms with E-state index in [1.54, 1.807) is 11.8 Å². The molecule has 0 aromatic carbocycles. The Morgan fingerprint density at radius 1 is 1.18 bits per heavy atom. The van der Waals surface area contributed by atoms with Gasteiger partial charge in [-0.1, -0.05) is 0 Å². The second kappa shape index (κ2) is 7.91. The third-order valence-electron chi connectivity index (χ3n) is 1.96. The van der Waals surface area contributed by atoms with Gasteiger partial charge >= 0.3 is 0 Å². The molecule has 0 aromatic heterocycles. The van der Waals surface area contributed by atoms with E-state index >= 15 is 0 Å². The molecule has 17 heavy (non-hydrogen) atoms. The van der Waals surface area contributed by atoms with E-state index in [4.69, 9.17) is 17.2 Å². The number of thioether (sulfide) groups is 1. The summed E-state index contributed by atoms with van der Waals surface area (Å²) in [6, 6.07) is -0.749. The lowest BCUT2D eigenvalue weighted by Crippen LogP contribution is -2.50. The van der Waals surface area contributed by atoms with Gasteiger partial charge in [-0.25, -0.2) is 0 Å². The first-order chi connectivity index (χ1) is 7.88.